The van der Waals surface area contributed by atoms with Gasteiger partial charge < -0.3 is 9.72 Å². The van der Waals surface area contributed by atoms with Crippen LogP contribution >= 0.6 is 22.7 Å². The third-order valence-electron chi connectivity index (χ3n) is 5.01. The molecule has 4 aromatic rings. The standard InChI is InChI=1S/C21H18N4O3S2/c1-2-28-20(27)12-7-8-16-17(12)24-21(30-16)25-18(26)15-10-29-19(23-15)14-9-11-5-3-4-6-13(11)22-14/h3-6,9-10,12,22H,2,7-8H2,1H3,(H,24,25,26)/t12-/m0/s1. The van der Waals surface area contributed by atoms with E-state index in [1.165, 1.54) is 22.7 Å². The van der Waals surface area contributed by atoms with Crippen molar-refractivity contribution in [3.8, 4) is 10.7 Å². The van der Waals surface area contributed by atoms with E-state index in [0.29, 0.717) is 23.9 Å². The predicted octanol–water partition coefficient (Wildman–Crippen LogP) is 4.59. The topological polar surface area (TPSA) is 97.0 Å². The van der Waals surface area contributed by atoms with Gasteiger partial charge in [-0.2, -0.15) is 0 Å². The van der Waals surface area contributed by atoms with Crippen LogP contribution in [0.3, 0.4) is 0 Å². The van der Waals surface area contributed by atoms with Crippen LogP contribution in [0.4, 0.5) is 5.13 Å². The molecule has 1 aliphatic carbocycles. The number of nitrogens with one attached hydrogen (secondary N) is 2. The third kappa shape index (κ3) is 3.40. The maximum Gasteiger partial charge on any atom is 0.315 e. The summed E-state index contributed by atoms with van der Waals surface area (Å²) < 4.78 is 5.14. The minimum atomic E-state index is -0.338. The quantitative estimate of drug-likeness (QED) is 0.444. The number of anilines is 1. The van der Waals surface area contributed by atoms with Gasteiger partial charge in [-0.15, -0.1) is 22.7 Å². The highest BCUT2D eigenvalue weighted by Crippen LogP contribution is 2.39. The summed E-state index contributed by atoms with van der Waals surface area (Å²) in [7, 11) is 0. The fourth-order valence-corrected chi connectivity index (χ4v) is 5.41. The lowest BCUT2D eigenvalue weighted by Crippen LogP contribution is -2.15. The van der Waals surface area contributed by atoms with Gasteiger partial charge in [-0.05, 0) is 31.9 Å². The lowest BCUT2D eigenvalue weighted by Gasteiger charge is -2.07. The smallest absolute Gasteiger partial charge is 0.315 e. The Morgan fingerprint density at radius 1 is 1.30 bits per heavy atom. The number of carbonyl (C=O) groups is 2. The van der Waals surface area contributed by atoms with Gasteiger partial charge in [0.05, 0.1) is 18.0 Å². The van der Waals surface area contributed by atoms with Gasteiger partial charge in [0, 0.05) is 21.2 Å². The van der Waals surface area contributed by atoms with Crippen LogP contribution in [0.5, 0.6) is 0 Å². The highest BCUT2D eigenvalue weighted by atomic mass is 32.1. The van der Waals surface area contributed by atoms with Crippen LogP contribution in [0.15, 0.2) is 35.7 Å². The molecule has 5 rings (SSSR count). The van der Waals surface area contributed by atoms with Crippen molar-refractivity contribution >= 4 is 50.6 Å². The first-order valence-corrected chi connectivity index (χ1v) is 11.3. The highest BCUT2D eigenvalue weighted by Gasteiger charge is 2.34. The predicted molar refractivity (Wildman–Crippen MR) is 117 cm³/mol. The molecule has 1 aromatic carbocycles. The van der Waals surface area contributed by atoms with Gasteiger partial charge >= 0.3 is 5.97 Å². The number of aromatic amines is 1. The highest BCUT2D eigenvalue weighted by molar-refractivity contribution is 7.16. The molecule has 9 heteroatoms. The third-order valence-corrected chi connectivity index (χ3v) is 6.93. The number of carbonyl (C=O) groups excluding carboxylic acids is 2. The molecule has 152 valence electrons. The van der Waals surface area contributed by atoms with E-state index >= 15 is 0 Å². The van der Waals surface area contributed by atoms with Gasteiger partial charge in [0.1, 0.15) is 16.6 Å². The summed E-state index contributed by atoms with van der Waals surface area (Å²) in [5.41, 5.74) is 2.98. The van der Waals surface area contributed by atoms with Crippen LogP contribution in [0.25, 0.3) is 21.6 Å². The van der Waals surface area contributed by atoms with Crippen molar-refractivity contribution in [2.24, 2.45) is 0 Å². The molecule has 3 aromatic heterocycles. The number of fused-ring (bicyclic) bond motifs is 2. The first-order chi connectivity index (χ1) is 14.6. The van der Waals surface area contributed by atoms with E-state index in [9.17, 15) is 9.59 Å². The Morgan fingerprint density at radius 3 is 3.00 bits per heavy atom. The summed E-state index contributed by atoms with van der Waals surface area (Å²) >= 11 is 2.82. The van der Waals surface area contributed by atoms with Crippen molar-refractivity contribution in [2.75, 3.05) is 11.9 Å². The number of aryl methyl sites for hydroxylation is 1. The van der Waals surface area contributed by atoms with Gasteiger partial charge in [0.2, 0.25) is 0 Å². The second kappa shape index (κ2) is 7.66. The van der Waals surface area contributed by atoms with Crippen molar-refractivity contribution in [1.82, 2.24) is 15.0 Å². The van der Waals surface area contributed by atoms with Crippen LogP contribution in [0.2, 0.25) is 0 Å². The summed E-state index contributed by atoms with van der Waals surface area (Å²) in [5.74, 6) is -0.898. The Morgan fingerprint density at radius 2 is 2.17 bits per heavy atom. The molecule has 0 aliphatic heterocycles. The van der Waals surface area contributed by atoms with E-state index in [1.807, 2.05) is 30.3 Å². The van der Waals surface area contributed by atoms with Crippen LogP contribution < -0.4 is 5.32 Å². The Hall–Kier alpha value is -3.04. The molecule has 1 aliphatic rings. The fourth-order valence-electron chi connectivity index (χ4n) is 3.60. The van der Waals surface area contributed by atoms with E-state index in [4.69, 9.17) is 4.74 Å². The Labute approximate surface area is 180 Å². The van der Waals surface area contributed by atoms with Gasteiger partial charge in [-0.1, -0.05) is 18.2 Å². The molecular weight excluding hydrogens is 420 g/mol. The zero-order valence-electron chi connectivity index (χ0n) is 16.1. The molecule has 2 N–H and O–H groups in total. The number of aromatic nitrogens is 3. The Kier molecular flexibility index (Phi) is 4.84. The number of H-pyrrole nitrogens is 1. The van der Waals surface area contributed by atoms with Crippen LogP contribution in [0.1, 0.15) is 40.3 Å². The molecule has 3 heterocycles. The first-order valence-electron chi connectivity index (χ1n) is 9.63. The molecule has 1 amide bonds. The van der Waals surface area contributed by atoms with E-state index in [-0.39, 0.29) is 17.8 Å². The van der Waals surface area contributed by atoms with E-state index in [2.05, 4.69) is 20.3 Å². The number of amides is 1. The lowest BCUT2D eigenvalue weighted by atomic mass is 10.1. The number of thiazole rings is 2. The molecule has 0 saturated heterocycles. The molecular formula is C21H18N4O3S2. The summed E-state index contributed by atoms with van der Waals surface area (Å²) in [6.45, 7) is 2.14. The minimum absolute atomic E-state index is 0.248. The van der Waals surface area contributed by atoms with Crippen LogP contribution in [-0.4, -0.2) is 33.4 Å². The molecule has 7 nitrogen and oxygen atoms in total. The van der Waals surface area contributed by atoms with Gasteiger partial charge in [0.25, 0.3) is 5.91 Å². The van der Waals surface area contributed by atoms with E-state index in [1.54, 1.807) is 12.3 Å². The van der Waals surface area contributed by atoms with Crippen LogP contribution in [-0.2, 0) is 16.0 Å². The summed E-state index contributed by atoms with van der Waals surface area (Å²) in [6, 6.07) is 10.0. The average Bonchev–Trinajstić information content (AvgIpc) is 3.49. The molecule has 0 fully saturated rings. The normalized spacial score (nSPS) is 15.3. The van der Waals surface area contributed by atoms with Gasteiger partial charge in [-0.3, -0.25) is 14.9 Å². The second-order valence-corrected chi connectivity index (χ2v) is 8.87. The molecule has 1 atom stereocenters. The van der Waals surface area contributed by atoms with E-state index < -0.39 is 0 Å². The molecule has 0 saturated carbocycles. The number of hydrogen-bond acceptors (Lipinski definition) is 7. The Balaban J connectivity index is 1.32. The molecule has 0 radical (unpaired) electrons. The molecule has 0 bridgehead atoms. The number of para-hydroxylation sites is 1. The van der Waals surface area contributed by atoms with Crippen molar-refractivity contribution in [3.63, 3.8) is 0 Å². The SMILES string of the molecule is CCOC(=O)[C@H]1CCc2sc(NC(=O)c3csc(-c4cc5ccccc5[nH]4)n3)nc21. The summed E-state index contributed by atoms with van der Waals surface area (Å²) in [6.07, 6.45) is 1.48. The maximum absolute atomic E-state index is 12.7. The van der Waals surface area contributed by atoms with Crippen molar-refractivity contribution in [2.45, 2.75) is 25.7 Å². The number of hydrogen-bond donors (Lipinski definition) is 2. The average molecular weight is 439 g/mol. The Bertz CT molecular complexity index is 1220. The van der Waals surface area contributed by atoms with Crippen molar-refractivity contribution in [1.29, 1.82) is 0 Å². The van der Waals surface area contributed by atoms with Gasteiger partial charge in [0.15, 0.2) is 5.13 Å². The van der Waals surface area contributed by atoms with E-state index in [0.717, 1.165) is 38.6 Å². The number of esters is 1. The zero-order valence-corrected chi connectivity index (χ0v) is 17.7. The maximum atomic E-state index is 12.7. The second-order valence-electron chi connectivity index (χ2n) is 6.93. The van der Waals surface area contributed by atoms with Gasteiger partial charge in [-0.25, -0.2) is 9.97 Å². The van der Waals surface area contributed by atoms with Crippen LogP contribution in [0, 0.1) is 0 Å². The minimum Gasteiger partial charge on any atom is -0.465 e. The van der Waals surface area contributed by atoms with Crippen molar-refractivity contribution < 1.29 is 14.3 Å². The number of benzene rings is 1. The number of ether oxygens (including phenoxy) is 1. The number of rotatable bonds is 5. The molecule has 0 spiro atoms. The summed E-state index contributed by atoms with van der Waals surface area (Å²) in [5, 5.41) is 6.89. The molecule has 0 unspecified atom stereocenters. The largest absolute Gasteiger partial charge is 0.465 e. The molecule has 30 heavy (non-hydrogen) atoms. The zero-order chi connectivity index (χ0) is 20.7. The summed E-state index contributed by atoms with van der Waals surface area (Å²) in [4.78, 5) is 38.1. The van der Waals surface area contributed by atoms with Crippen molar-refractivity contribution in [3.05, 3.63) is 52.0 Å². The first kappa shape index (κ1) is 19.0. The monoisotopic (exact) mass is 438 g/mol. The lowest BCUT2D eigenvalue weighted by molar-refractivity contribution is -0.145. The number of nitrogens with zero attached hydrogens (tertiary/aromatic N) is 2. The fraction of sp³-hybridized carbons (Fsp3) is 0.238.